The van der Waals surface area contributed by atoms with Crippen LogP contribution in [0.15, 0.2) is 24.3 Å². The lowest BCUT2D eigenvalue weighted by Crippen LogP contribution is -2.53. The molecule has 4 atom stereocenters. The molecule has 0 spiro atoms. The van der Waals surface area contributed by atoms with Gasteiger partial charge in [0.15, 0.2) is 0 Å². The van der Waals surface area contributed by atoms with Crippen molar-refractivity contribution in [3.8, 4) is 0 Å². The summed E-state index contributed by atoms with van der Waals surface area (Å²) in [6.45, 7) is 4.08. The van der Waals surface area contributed by atoms with E-state index in [1.165, 1.54) is 244 Å². The molecule has 0 bridgehead atoms. The number of allylic oxidation sites excluding steroid dienone is 4. The van der Waals surface area contributed by atoms with Crippen molar-refractivity contribution >= 4 is 5.91 Å². The van der Waals surface area contributed by atoms with E-state index in [0.29, 0.717) is 19.3 Å². The van der Waals surface area contributed by atoms with Gasteiger partial charge in [0, 0.05) is 0 Å². The Labute approximate surface area is 405 Å². The number of carbonyl (C=O) groups is 1. The van der Waals surface area contributed by atoms with Crippen LogP contribution in [0.2, 0.25) is 0 Å². The van der Waals surface area contributed by atoms with E-state index >= 15 is 0 Å². The number of aliphatic hydroxyl groups excluding tert-OH is 4. The minimum Gasteiger partial charge on any atom is -0.394 e. The molecule has 6 heteroatoms. The summed E-state index contributed by atoms with van der Waals surface area (Å²) in [5.74, 6) is -0.591. The fourth-order valence-electron chi connectivity index (χ4n) is 9.31. The molecule has 0 heterocycles. The van der Waals surface area contributed by atoms with Gasteiger partial charge in [-0.05, 0) is 51.4 Å². The molecule has 0 rings (SSSR count). The van der Waals surface area contributed by atoms with Crippen molar-refractivity contribution in [2.24, 2.45) is 0 Å². The smallest absolute Gasteiger partial charge is 0.249 e. The summed E-state index contributed by atoms with van der Waals surface area (Å²) >= 11 is 0. The Morgan fingerprint density at radius 2 is 0.646 bits per heavy atom. The van der Waals surface area contributed by atoms with Gasteiger partial charge in [-0.15, -0.1) is 0 Å². The summed E-state index contributed by atoms with van der Waals surface area (Å²) < 4.78 is 0. The lowest BCUT2D eigenvalue weighted by Gasteiger charge is -2.27. The maximum Gasteiger partial charge on any atom is 0.249 e. The van der Waals surface area contributed by atoms with Gasteiger partial charge >= 0.3 is 0 Å². The molecule has 0 radical (unpaired) electrons. The number of rotatable bonds is 54. The highest BCUT2D eigenvalue weighted by atomic mass is 16.3. The average molecular weight is 919 g/mol. The molecule has 5 N–H and O–H groups in total. The topological polar surface area (TPSA) is 110 Å². The van der Waals surface area contributed by atoms with E-state index < -0.39 is 36.9 Å². The Morgan fingerprint density at radius 1 is 0.369 bits per heavy atom. The van der Waals surface area contributed by atoms with Crippen LogP contribution in [-0.4, -0.2) is 57.3 Å². The van der Waals surface area contributed by atoms with E-state index in [-0.39, 0.29) is 0 Å². The molecule has 0 fully saturated rings. The molecule has 0 aromatic rings. The van der Waals surface area contributed by atoms with Gasteiger partial charge < -0.3 is 25.7 Å². The third kappa shape index (κ3) is 47.6. The summed E-state index contributed by atoms with van der Waals surface area (Å²) in [6, 6.07) is -1.01. The lowest BCUT2D eigenvalue weighted by molar-refractivity contribution is -0.132. The Hall–Kier alpha value is -1.21. The summed E-state index contributed by atoms with van der Waals surface area (Å²) in [5, 5.41) is 44.0. The second-order valence-electron chi connectivity index (χ2n) is 20.3. The molecule has 0 aliphatic heterocycles. The third-order valence-electron chi connectivity index (χ3n) is 13.9. The van der Waals surface area contributed by atoms with E-state index in [2.05, 4.69) is 43.5 Å². The summed E-state index contributed by atoms with van der Waals surface area (Å²) in [4.78, 5) is 12.6. The fraction of sp³-hybridized carbons (Fsp3) is 0.915. The molecule has 0 saturated carbocycles. The standard InChI is InChI=1S/C59H115NO5/c1-3-5-7-9-11-13-15-17-19-21-23-25-27-29-31-32-34-36-38-40-42-44-46-48-50-52-56(62)58(64)55(54-61)60-59(65)57(63)53-51-49-47-45-43-41-39-37-35-33-30-28-26-24-22-20-18-16-14-12-10-8-6-4-2/h36,38,44,46,55-58,61-64H,3-35,37,39-43,45,47-54H2,1-2H3,(H,60,65)/b38-36+,46-44+. The summed E-state index contributed by atoms with van der Waals surface area (Å²) in [7, 11) is 0. The zero-order valence-electron chi connectivity index (χ0n) is 43.8. The molecule has 6 nitrogen and oxygen atoms in total. The number of amides is 1. The Balaban J connectivity index is 3.65. The highest BCUT2D eigenvalue weighted by molar-refractivity contribution is 5.80. The van der Waals surface area contributed by atoms with Gasteiger partial charge in [0.05, 0.1) is 18.8 Å². The normalized spacial score (nSPS) is 13.9. The van der Waals surface area contributed by atoms with Gasteiger partial charge in [-0.25, -0.2) is 0 Å². The maximum absolute atomic E-state index is 12.6. The molecular weight excluding hydrogens is 803 g/mol. The van der Waals surface area contributed by atoms with Gasteiger partial charge in [0.1, 0.15) is 12.2 Å². The van der Waals surface area contributed by atoms with Gasteiger partial charge in [-0.2, -0.15) is 0 Å². The summed E-state index contributed by atoms with van der Waals surface area (Å²) in [6.07, 6.45) is 65.4. The maximum atomic E-state index is 12.6. The Kier molecular flexibility index (Phi) is 52.7. The van der Waals surface area contributed by atoms with Crippen molar-refractivity contribution in [1.82, 2.24) is 5.32 Å². The lowest BCUT2D eigenvalue weighted by atomic mass is 10.00. The molecule has 4 unspecified atom stereocenters. The van der Waals surface area contributed by atoms with Crippen LogP contribution in [0.25, 0.3) is 0 Å². The Morgan fingerprint density at radius 3 is 0.969 bits per heavy atom. The second kappa shape index (κ2) is 53.7. The van der Waals surface area contributed by atoms with Crippen molar-refractivity contribution in [3.63, 3.8) is 0 Å². The van der Waals surface area contributed by atoms with Crippen LogP contribution < -0.4 is 5.32 Å². The molecular formula is C59H115NO5. The van der Waals surface area contributed by atoms with Crippen LogP contribution in [0.1, 0.15) is 316 Å². The number of unbranched alkanes of at least 4 members (excludes halogenated alkanes) is 41. The summed E-state index contributed by atoms with van der Waals surface area (Å²) in [5.41, 5.74) is 0. The zero-order valence-corrected chi connectivity index (χ0v) is 43.8. The molecule has 386 valence electrons. The highest BCUT2D eigenvalue weighted by Gasteiger charge is 2.28. The van der Waals surface area contributed by atoms with Crippen molar-refractivity contribution in [1.29, 1.82) is 0 Å². The SMILES string of the molecule is CCCCCCCCCCCCCCCCCC/C=C/CC/C=C/CCCC(O)C(O)C(CO)NC(=O)C(O)CCCCCCCCCCCCCCCCCCCCCCCCCC. The molecule has 0 aliphatic carbocycles. The second-order valence-corrected chi connectivity index (χ2v) is 20.3. The fourth-order valence-corrected chi connectivity index (χ4v) is 9.31. The van der Waals surface area contributed by atoms with Gasteiger partial charge in [0.25, 0.3) is 0 Å². The molecule has 0 aliphatic rings. The Bertz CT molecular complexity index is 986. The minimum absolute atomic E-state index is 0.365. The van der Waals surface area contributed by atoms with Crippen molar-refractivity contribution in [2.45, 2.75) is 340 Å². The van der Waals surface area contributed by atoms with E-state index in [1.807, 2.05) is 0 Å². The number of hydrogen-bond donors (Lipinski definition) is 5. The molecule has 0 aromatic carbocycles. The first kappa shape index (κ1) is 63.8. The van der Waals surface area contributed by atoms with Gasteiger partial charge in [-0.1, -0.05) is 289 Å². The van der Waals surface area contributed by atoms with Crippen molar-refractivity contribution < 1.29 is 25.2 Å². The average Bonchev–Trinajstić information content (AvgIpc) is 3.31. The van der Waals surface area contributed by atoms with Crippen LogP contribution in [0.4, 0.5) is 0 Å². The predicted octanol–water partition coefficient (Wildman–Crippen LogP) is 17.0. The zero-order chi connectivity index (χ0) is 47.4. The number of hydrogen-bond acceptors (Lipinski definition) is 5. The van der Waals surface area contributed by atoms with E-state index in [9.17, 15) is 25.2 Å². The van der Waals surface area contributed by atoms with Crippen LogP contribution >= 0.6 is 0 Å². The molecule has 1 amide bonds. The van der Waals surface area contributed by atoms with E-state index in [0.717, 1.165) is 38.5 Å². The number of nitrogens with one attached hydrogen (secondary N) is 1. The monoisotopic (exact) mass is 918 g/mol. The quantitative estimate of drug-likeness (QED) is 0.0308. The van der Waals surface area contributed by atoms with Crippen LogP contribution in [0, 0.1) is 0 Å². The number of aliphatic hydroxyl groups is 4. The van der Waals surface area contributed by atoms with E-state index in [4.69, 9.17) is 0 Å². The van der Waals surface area contributed by atoms with Crippen LogP contribution in [-0.2, 0) is 4.79 Å². The largest absolute Gasteiger partial charge is 0.394 e. The van der Waals surface area contributed by atoms with E-state index in [1.54, 1.807) is 0 Å². The first-order chi connectivity index (χ1) is 32.0. The van der Waals surface area contributed by atoms with Crippen LogP contribution in [0.3, 0.4) is 0 Å². The van der Waals surface area contributed by atoms with Gasteiger partial charge in [0.2, 0.25) is 5.91 Å². The first-order valence-corrected chi connectivity index (χ1v) is 29.2. The molecule has 0 saturated heterocycles. The molecule has 65 heavy (non-hydrogen) atoms. The highest BCUT2D eigenvalue weighted by Crippen LogP contribution is 2.18. The first-order valence-electron chi connectivity index (χ1n) is 29.2. The van der Waals surface area contributed by atoms with Gasteiger partial charge in [-0.3, -0.25) is 4.79 Å². The predicted molar refractivity (Wildman–Crippen MR) is 284 cm³/mol. The third-order valence-corrected chi connectivity index (χ3v) is 13.9. The number of carbonyl (C=O) groups excluding carboxylic acids is 1. The minimum atomic E-state index is -1.29. The van der Waals surface area contributed by atoms with Crippen molar-refractivity contribution in [2.75, 3.05) is 6.61 Å². The molecule has 0 aromatic heterocycles. The van der Waals surface area contributed by atoms with Crippen LogP contribution in [0.5, 0.6) is 0 Å². The van der Waals surface area contributed by atoms with Crippen molar-refractivity contribution in [3.05, 3.63) is 24.3 Å².